The topological polar surface area (TPSA) is 72.3 Å². The van der Waals surface area contributed by atoms with Gasteiger partial charge in [0.15, 0.2) is 9.84 Å². The second-order valence-corrected chi connectivity index (χ2v) is 8.95. The second kappa shape index (κ2) is 7.61. The number of benzene rings is 1. The summed E-state index contributed by atoms with van der Waals surface area (Å²) in [5.74, 6) is -1.02. The van der Waals surface area contributed by atoms with Gasteiger partial charge in [-0.05, 0) is 38.3 Å². The van der Waals surface area contributed by atoms with Crippen LogP contribution in [0.4, 0.5) is 0 Å². The summed E-state index contributed by atoms with van der Waals surface area (Å²) >= 11 is 0. The summed E-state index contributed by atoms with van der Waals surface area (Å²) in [6.45, 7) is 5.59. The molecule has 1 aliphatic heterocycles. The Bertz CT molecular complexity index is 881. The summed E-state index contributed by atoms with van der Waals surface area (Å²) in [4.78, 5) is 14.1. The lowest BCUT2D eigenvalue weighted by Gasteiger charge is -2.21. The molecule has 0 aliphatic carbocycles. The molecule has 1 aromatic carbocycles. The van der Waals surface area contributed by atoms with Gasteiger partial charge in [-0.1, -0.05) is 29.8 Å². The molecular weight excluding hydrogens is 350 g/mol. The van der Waals surface area contributed by atoms with Gasteiger partial charge < -0.3 is 4.90 Å². The number of sulfone groups is 1. The number of rotatable bonds is 7. The average molecular weight is 375 g/mol. The van der Waals surface area contributed by atoms with Gasteiger partial charge in [0.1, 0.15) is 5.75 Å². The zero-order valence-electron chi connectivity index (χ0n) is 15.3. The van der Waals surface area contributed by atoms with Gasteiger partial charge in [0, 0.05) is 25.3 Å². The summed E-state index contributed by atoms with van der Waals surface area (Å²) in [5.41, 5.74) is 3.74. The number of aromatic nitrogens is 2. The van der Waals surface area contributed by atoms with E-state index in [-0.39, 0.29) is 11.7 Å². The van der Waals surface area contributed by atoms with Crippen LogP contribution in [0.15, 0.2) is 30.3 Å². The van der Waals surface area contributed by atoms with Gasteiger partial charge in [-0.2, -0.15) is 5.10 Å². The minimum absolute atomic E-state index is 0.180. The van der Waals surface area contributed by atoms with Crippen molar-refractivity contribution < 1.29 is 13.2 Å². The van der Waals surface area contributed by atoms with Crippen molar-refractivity contribution in [2.45, 2.75) is 45.5 Å². The van der Waals surface area contributed by atoms with Crippen molar-refractivity contribution in [3.63, 3.8) is 0 Å². The van der Waals surface area contributed by atoms with Crippen LogP contribution in [0.25, 0.3) is 0 Å². The van der Waals surface area contributed by atoms with E-state index < -0.39 is 15.6 Å². The van der Waals surface area contributed by atoms with Crippen molar-refractivity contribution in [2.24, 2.45) is 0 Å². The number of nitrogens with zero attached hydrogens (tertiary/aromatic N) is 3. The van der Waals surface area contributed by atoms with Crippen LogP contribution < -0.4 is 0 Å². The first-order chi connectivity index (χ1) is 12.4. The molecule has 0 saturated carbocycles. The van der Waals surface area contributed by atoms with Crippen LogP contribution in [-0.2, 0) is 39.9 Å². The molecule has 0 N–H and O–H groups in total. The smallest absolute Gasteiger partial charge is 0.238 e. The fourth-order valence-corrected chi connectivity index (χ4v) is 4.61. The molecule has 7 heteroatoms. The molecule has 140 valence electrons. The molecule has 0 bridgehead atoms. The maximum atomic E-state index is 12.5. The van der Waals surface area contributed by atoms with Gasteiger partial charge in [0.2, 0.25) is 5.91 Å². The average Bonchev–Trinajstić information content (AvgIpc) is 3.12. The highest BCUT2D eigenvalue weighted by Gasteiger charge is 2.24. The van der Waals surface area contributed by atoms with E-state index in [9.17, 15) is 13.2 Å². The molecule has 6 nitrogen and oxygen atoms in total. The van der Waals surface area contributed by atoms with E-state index in [4.69, 9.17) is 0 Å². The second-order valence-electron chi connectivity index (χ2n) is 6.88. The Labute approximate surface area is 154 Å². The Morgan fingerprint density at radius 1 is 1.31 bits per heavy atom. The zero-order valence-corrected chi connectivity index (χ0v) is 16.1. The largest absolute Gasteiger partial charge is 0.338 e. The Kier molecular flexibility index (Phi) is 5.46. The van der Waals surface area contributed by atoms with E-state index in [1.54, 1.807) is 4.90 Å². The molecule has 0 saturated heterocycles. The predicted molar refractivity (Wildman–Crippen MR) is 100 cm³/mol. The van der Waals surface area contributed by atoms with Crippen LogP contribution >= 0.6 is 0 Å². The maximum absolute atomic E-state index is 12.5. The molecule has 1 amide bonds. The third-order valence-electron chi connectivity index (χ3n) is 4.62. The van der Waals surface area contributed by atoms with Crippen molar-refractivity contribution in [3.8, 4) is 0 Å². The molecule has 0 atom stereocenters. The molecule has 1 aromatic heterocycles. The fourth-order valence-electron chi connectivity index (χ4n) is 3.35. The number of fused-ring (bicyclic) bond motifs is 1. The summed E-state index contributed by atoms with van der Waals surface area (Å²) in [7, 11) is -3.54. The van der Waals surface area contributed by atoms with Crippen molar-refractivity contribution in [1.82, 2.24) is 14.7 Å². The standard InChI is InChI=1S/C19H25N3O3S/c1-3-21(12-16-7-4-6-15(2)10-16)19(23)14-26(24,25)13-17-11-18-8-5-9-22(18)20-17/h4,6-7,10-11H,3,5,8-9,12-14H2,1-2H3. The predicted octanol–water partition coefficient (Wildman–Crippen LogP) is 2.10. The summed E-state index contributed by atoms with van der Waals surface area (Å²) < 4.78 is 26.8. The minimum Gasteiger partial charge on any atom is -0.338 e. The lowest BCUT2D eigenvalue weighted by Crippen LogP contribution is -2.35. The molecule has 2 heterocycles. The highest BCUT2D eigenvalue weighted by atomic mass is 32.2. The van der Waals surface area contributed by atoms with Crippen molar-refractivity contribution in [1.29, 1.82) is 0 Å². The summed E-state index contributed by atoms with van der Waals surface area (Å²) in [6, 6.07) is 9.74. The molecule has 0 radical (unpaired) electrons. The van der Waals surface area contributed by atoms with Crippen LogP contribution in [0.3, 0.4) is 0 Å². The molecule has 0 fully saturated rings. The first kappa shape index (κ1) is 18.6. The van der Waals surface area contributed by atoms with Gasteiger partial charge in [-0.3, -0.25) is 9.48 Å². The van der Waals surface area contributed by atoms with Crippen molar-refractivity contribution >= 4 is 15.7 Å². The summed E-state index contributed by atoms with van der Waals surface area (Å²) in [5, 5.41) is 4.34. The van der Waals surface area contributed by atoms with Gasteiger partial charge >= 0.3 is 0 Å². The minimum atomic E-state index is -3.54. The number of carbonyl (C=O) groups is 1. The maximum Gasteiger partial charge on any atom is 0.238 e. The van der Waals surface area contributed by atoms with E-state index in [0.29, 0.717) is 18.8 Å². The molecule has 26 heavy (non-hydrogen) atoms. The van der Waals surface area contributed by atoms with E-state index in [1.807, 2.05) is 48.9 Å². The monoisotopic (exact) mass is 375 g/mol. The Hall–Kier alpha value is -2.15. The number of hydrogen-bond donors (Lipinski definition) is 0. The van der Waals surface area contributed by atoms with E-state index >= 15 is 0 Å². The number of carbonyl (C=O) groups excluding carboxylic acids is 1. The molecule has 0 spiro atoms. The first-order valence-electron chi connectivity index (χ1n) is 8.95. The number of amides is 1. The Morgan fingerprint density at radius 2 is 2.12 bits per heavy atom. The highest BCUT2D eigenvalue weighted by Crippen LogP contribution is 2.17. The lowest BCUT2D eigenvalue weighted by molar-refractivity contribution is -0.128. The van der Waals surface area contributed by atoms with Gasteiger partial charge in [-0.15, -0.1) is 0 Å². The molecule has 1 aliphatic rings. The van der Waals surface area contributed by atoms with Gasteiger partial charge in [-0.25, -0.2) is 8.42 Å². The SMILES string of the molecule is CCN(Cc1cccc(C)c1)C(=O)CS(=O)(=O)Cc1cc2n(n1)CCC2. The van der Waals surface area contributed by atoms with E-state index in [1.165, 1.54) is 0 Å². The highest BCUT2D eigenvalue weighted by molar-refractivity contribution is 7.91. The van der Waals surface area contributed by atoms with Crippen LogP contribution in [0.1, 0.15) is 35.9 Å². The normalized spacial score (nSPS) is 13.6. The third-order valence-corrected chi connectivity index (χ3v) is 6.04. The first-order valence-corrected chi connectivity index (χ1v) is 10.8. The number of hydrogen-bond acceptors (Lipinski definition) is 4. The van der Waals surface area contributed by atoms with Crippen LogP contribution in [0, 0.1) is 6.92 Å². The van der Waals surface area contributed by atoms with Crippen LogP contribution in [0.2, 0.25) is 0 Å². The van der Waals surface area contributed by atoms with Crippen LogP contribution in [0.5, 0.6) is 0 Å². The molecule has 0 unspecified atom stereocenters. The van der Waals surface area contributed by atoms with E-state index in [0.717, 1.165) is 36.2 Å². The van der Waals surface area contributed by atoms with Gasteiger partial charge in [0.05, 0.1) is 11.4 Å². The molecule has 3 rings (SSSR count). The lowest BCUT2D eigenvalue weighted by atomic mass is 10.1. The van der Waals surface area contributed by atoms with E-state index in [2.05, 4.69) is 5.10 Å². The third kappa shape index (κ3) is 4.52. The van der Waals surface area contributed by atoms with Crippen molar-refractivity contribution in [2.75, 3.05) is 12.3 Å². The van der Waals surface area contributed by atoms with Crippen molar-refractivity contribution in [3.05, 3.63) is 52.8 Å². The number of aryl methyl sites for hydroxylation is 3. The fraction of sp³-hybridized carbons (Fsp3) is 0.474. The molecular formula is C19H25N3O3S. The quantitative estimate of drug-likeness (QED) is 0.743. The van der Waals surface area contributed by atoms with Crippen LogP contribution in [-0.4, -0.2) is 41.3 Å². The Morgan fingerprint density at radius 3 is 2.81 bits per heavy atom. The summed E-state index contributed by atoms with van der Waals surface area (Å²) in [6.07, 6.45) is 1.99. The zero-order chi connectivity index (χ0) is 18.7. The Balaban J connectivity index is 1.63. The van der Waals surface area contributed by atoms with Gasteiger partial charge in [0.25, 0.3) is 0 Å². The molecule has 2 aromatic rings.